The average molecular weight is 273 g/mol. The third-order valence-electron chi connectivity index (χ3n) is 3.22. The van der Waals surface area contributed by atoms with Crippen molar-refractivity contribution in [2.24, 2.45) is 0 Å². The molecular weight excluding hydrogens is 254 g/mol. The lowest BCUT2D eigenvalue weighted by Crippen LogP contribution is -2.32. The van der Waals surface area contributed by atoms with Gasteiger partial charge in [-0.05, 0) is 19.9 Å². The fourth-order valence-electron chi connectivity index (χ4n) is 2.15. The van der Waals surface area contributed by atoms with E-state index >= 15 is 0 Å². The molecule has 3 rings (SSSR count). The highest BCUT2D eigenvalue weighted by Crippen LogP contribution is 2.27. The molecule has 0 N–H and O–H groups in total. The number of ether oxygens (including phenoxy) is 2. The SMILES string of the molecule is CN(C)c1ccn2cc(C3=COCC(C)(C)O3)nc2c1. The van der Waals surface area contributed by atoms with E-state index in [1.807, 2.05) is 50.8 Å². The summed E-state index contributed by atoms with van der Waals surface area (Å²) in [4.78, 5) is 6.66. The standard InChI is InChI=1S/C15H19N3O2/c1-15(2)10-19-9-13(20-15)12-8-18-6-5-11(17(3)4)7-14(18)16-12/h5-9H,10H2,1-4H3. The number of rotatable bonds is 2. The number of imidazole rings is 1. The molecule has 5 nitrogen and oxygen atoms in total. The molecule has 0 saturated carbocycles. The minimum absolute atomic E-state index is 0.325. The molecule has 106 valence electrons. The first-order valence-corrected chi connectivity index (χ1v) is 6.62. The Bertz CT molecular complexity index is 671. The zero-order chi connectivity index (χ0) is 14.3. The van der Waals surface area contributed by atoms with Crippen molar-refractivity contribution in [3.8, 4) is 0 Å². The van der Waals surface area contributed by atoms with Gasteiger partial charge >= 0.3 is 0 Å². The predicted molar refractivity (Wildman–Crippen MR) is 78.6 cm³/mol. The van der Waals surface area contributed by atoms with Crippen LogP contribution in [0.4, 0.5) is 5.69 Å². The molecule has 0 aliphatic carbocycles. The third kappa shape index (κ3) is 2.31. The summed E-state index contributed by atoms with van der Waals surface area (Å²) in [6, 6.07) is 4.09. The zero-order valence-corrected chi connectivity index (χ0v) is 12.3. The Morgan fingerprint density at radius 2 is 2.15 bits per heavy atom. The highest BCUT2D eigenvalue weighted by atomic mass is 16.6. The van der Waals surface area contributed by atoms with Crippen molar-refractivity contribution < 1.29 is 9.47 Å². The van der Waals surface area contributed by atoms with Gasteiger partial charge in [-0.25, -0.2) is 4.98 Å². The molecule has 0 aromatic carbocycles. The van der Waals surface area contributed by atoms with E-state index in [1.54, 1.807) is 6.26 Å². The van der Waals surface area contributed by atoms with Crippen LogP contribution >= 0.6 is 0 Å². The van der Waals surface area contributed by atoms with Crippen molar-refractivity contribution in [1.29, 1.82) is 0 Å². The van der Waals surface area contributed by atoms with E-state index in [4.69, 9.17) is 9.47 Å². The monoisotopic (exact) mass is 273 g/mol. The molecule has 0 unspecified atom stereocenters. The van der Waals surface area contributed by atoms with Crippen LogP contribution in [-0.2, 0) is 9.47 Å². The van der Waals surface area contributed by atoms with Gasteiger partial charge in [0.1, 0.15) is 29.8 Å². The molecule has 0 amide bonds. The number of aromatic nitrogens is 2. The van der Waals surface area contributed by atoms with Crippen molar-refractivity contribution in [3.05, 3.63) is 36.5 Å². The Balaban J connectivity index is 1.99. The van der Waals surface area contributed by atoms with Gasteiger partial charge in [0.05, 0.1) is 0 Å². The van der Waals surface area contributed by atoms with Crippen LogP contribution in [0.1, 0.15) is 19.5 Å². The van der Waals surface area contributed by atoms with Gasteiger partial charge in [-0.15, -0.1) is 0 Å². The minimum Gasteiger partial charge on any atom is -0.493 e. The van der Waals surface area contributed by atoms with Crippen LogP contribution in [0.25, 0.3) is 11.4 Å². The van der Waals surface area contributed by atoms with Crippen LogP contribution in [0.15, 0.2) is 30.8 Å². The number of hydrogen-bond acceptors (Lipinski definition) is 4. The van der Waals surface area contributed by atoms with Gasteiger partial charge < -0.3 is 18.8 Å². The Hall–Kier alpha value is -2.17. The summed E-state index contributed by atoms with van der Waals surface area (Å²) in [5.74, 6) is 0.677. The van der Waals surface area contributed by atoms with Crippen LogP contribution < -0.4 is 4.90 Å². The second-order valence-electron chi connectivity index (χ2n) is 5.83. The second-order valence-corrected chi connectivity index (χ2v) is 5.83. The summed E-state index contributed by atoms with van der Waals surface area (Å²) < 4.78 is 13.4. The van der Waals surface area contributed by atoms with E-state index in [0.29, 0.717) is 12.4 Å². The Labute approximate surface area is 118 Å². The Kier molecular flexibility index (Phi) is 2.85. The van der Waals surface area contributed by atoms with Gasteiger partial charge in [0, 0.05) is 38.2 Å². The quantitative estimate of drug-likeness (QED) is 0.843. The Morgan fingerprint density at radius 3 is 2.85 bits per heavy atom. The molecule has 3 heterocycles. The molecule has 0 atom stereocenters. The van der Waals surface area contributed by atoms with Gasteiger partial charge in [0.2, 0.25) is 0 Å². The number of fused-ring (bicyclic) bond motifs is 1. The molecule has 20 heavy (non-hydrogen) atoms. The predicted octanol–water partition coefficient (Wildman–Crippen LogP) is 2.52. The molecule has 1 aliphatic rings. The molecule has 0 radical (unpaired) electrons. The van der Waals surface area contributed by atoms with Gasteiger partial charge in [0.25, 0.3) is 0 Å². The van der Waals surface area contributed by atoms with Crippen LogP contribution in [0.3, 0.4) is 0 Å². The largest absolute Gasteiger partial charge is 0.493 e. The van der Waals surface area contributed by atoms with Crippen molar-refractivity contribution in [2.45, 2.75) is 19.4 Å². The molecular formula is C15H19N3O2. The molecule has 5 heteroatoms. The number of anilines is 1. The van der Waals surface area contributed by atoms with Gasteiger partial charge in [0.15, 0.2) is 5.76 Å². The first-order valence-electron chi connectivity index (χ1n) is 6.62. The van der Waals surface area contributed by atoms with Gasteiger partial charge in [-0.1, -0.05) is 0 Å². The minimum atomic E-state index is -0.325. The highest BCUT2D eigenvalue weighted by Gasteiger charge is 2.27. The summed E-state index contributed by atoms with van der Waals surface area (Å²) in [6.45, 7) is 4.55. The summed E-state index contributed by atoms with van der Waals surface area (Å²) in [5, 5.41) is 0. The molecule has 0 spiro atoms. The van der Waals surface area contributed by atoms with Crippen molar-refractivity contribution >= 4 is 17.1 Å². The third-order valence-corrected chi connectivity index (χ3v) is 3.22. The van der Waals surface area contributed by atoms with Crippen LogP contribution in [-0.4, -0.2) is 35.7 Å². The maximum atomic E-state index is 5.92. The van der Waals surface area contributed by atoms with E-state index in [9.17, 15) is 0 Å². The topological polar surface area (TPSA) is 39.0 Å². The number of pyridine rings is 1. The summed E-state index contributed by atoms with van der Waals surface area (Å²) in [6.07, 6.45) is 5.59. The molecule has 2 aromatic heterocycles. The highest BCUT2D eigenvalue weighted by molar-refractivity contribution is 5.62. The van der Waals surface area contributed by atoms with Crippen molar-refractivity contribution in [2.75, 3.05) is 25.6 Å². The fraction of sp³-hybridized carbons (Fsp3) is 0.400. The van der Waals surface area contributed by atoms with Crippen LogP contribution in [0.2, 0.25) is 0 Å². The van der Waals surface area contributed by atoms with E-state index in [0.717, 1.165) is 17.0 Å². The molecule has 1 aliphatic heterocycles. The maximum absolute atomic E-state index is 5.92. The number of nitrogens with zero attached hydrogens (tertiary/aromatic N) is 3. The van der Waals surface area contributed by atoms with Crippen molar-refractivity contribution in [1.82, 2.24) is 9.38 Å². The maximum Gasteiger partial charge on any atom is 0.181 e. The first-order chi connectivity index (χ1) is 9.44. The van der Waals surface area contributed by atoms with Crippen LogP contribution in [0.5, 0.6) is 0 Å². The summed E-state index contributed by atoms with van der Waals surface area (Å²) in [5.41, 5.74) is 2.46. The lowest BCUT2D eigenvalue weighted by atomic mass is 10.1. The molecule has 0 fully saturated rings. The second kappa shape index (κ2) is 4.44. The normalized spacial score (nSPS) is 17.3. The van der Waals surface area contributed by atoms with E-state index in [2.05, 4.69) is 16.0 Å². The lowest BCUT2D eigenvalue weighted by molar-refractivity contribution is -0.0153. The number of hydrogen-bond donors (Lipinski definition) is 0. The zero-order valence-electron chi connectivity index (χ0n) is 12.3. The van der Waals surface area contributed by atoms with Gasteiger partial charge in [-0.3, -0.25) is 0 Å². The molecule has 0 saturated heterocycles. The first kappa shape index (κ1) is 12.8. The van der Waals surface area contributed by atoms with Crippen molar-refractivity contribution in [3.63, 3.8) is 0 Å². The van der Waals surface area contributed by atoms with Gasteiger partial charge in [-0.2, -0.15) is 0 Å². The Morgan fingerprint density at radius 1 is 1.35 bits per heavy atom. The van der Waals surface area contributed by atoms with E-state index in [1.165, 1.54) is 0 Å². The summed E-state index contributed by atoms with van der Waals surface area (Å²) in [7, 11) is 4.03. The van der Waals surface area contributed by atoms with E-state index < -0.39 is 0 Å². The lowest BCUT2D eigenvalue weighted by Gasteiger charge is -2.30. The molecule has 0 bridgehead atoms. The molecule has 2 aromatic rings. The van der Waals surface area contributed by atoms with Crippen LogP contribution in [0, 0.1) is 0 Å². The fourth-order valence-corrected chi connectivity index (χ4v) is 2.15. The summed E-state index contributed by atoms with van der Waals surface area (Å²) >= 11 is 0. The smallest absolute Gasteiger partial charge is 0.181 e. The van der Waals surface area contributed by atoms with E-state index in [-0.39, 0.29) is 5.60 Å². The average Bonchev–Trinajstić information content (AvgIpc) is 2.80.